The zero-order chi connectivity index (χ0) is 24.6. The maximum Gasteiger partial charge on any atom is 0.257 e. The highest BCUT2D eigenvalue weighted by Gasteiger charge is 2.35. The second kappa shape index (κ2) is 9.63. The average Bonchev–Trinajstić information content (AvgIpc) is 3.68. The maximum atomic E-state index is 13.6. The van der Waals surface area contributed by atoms with Gasteiger partial charge >= 0.3 is 0 Å². The molecule has 0 atom stereocenters. The van der Waals surface area contributed by atoms with E-state index in [9.17, 15) is 4.79 Å². The van der Waals surface area contributed by atoms with Crippen molar-refractivity contribution in [2.75, 3.05) is 53.6 Å². The minimum absolute atomic E-state index is 0.0579. The van der Waals surface area contributed by atoms with Crippen LogP contribution in [0.3, 0.4) is 0 Å². The molecule has 36 heavy (non-hydrogen) atoms. The predicted molar refractivity (Wildman–Crippen MR) is 135 cm³/mol. The van der Waals surface area contributed by atoms with E-state index in [-0.39, 0.29) is 5.91 Å². The highest BCUT2D eigenvalue weighted by molar-refractivity contribution is 5.95. The molecule has 188 valence electrons. The highest BCUT2D eigenvalue weighted by Crippen LogP contribution is 2.43. The van der Waals surface area contributed by atoms with Crippen molar-refractivity contribution in [2.45, 2.75) is 31.6 Å². The minimum Gasteiger partial charge on any atom is -0.497 e. The van der Waals surface area contributed by atoms with Gasteiger partial charge in [0.05, 0.1) is 36.9 Å². The molecule has 1 saturated heterocycles. The Balaban J connectivity index is 1.30. The van der Waals surface area contributed by atoms with Crippen LogP contribution < -0.4 is 4.74 Å². The Bertz CT molecular complexity index is 1280. The molecule has 1 amide bonds. The zero-order valence-electron chi connectivity index (χ0n) is 20.9. The number of benzene rings is 1. The molecule has 0 bridgehead atoms. The first-order valence-corrected chi connectivity index (χ1v) is 12.8. The van der Waals surface area contributed by atoms with Gasteiger partial charge in [-0.15, -0.1) is 0 Å². The number of nitrogens with zero attached hydrogens (tertiary/aromatic N) is 6. The lowest BCUT2D eigenvalue weighted by molar-refractivity contribution is 0.0593. The van der Waals surface area contributed by atoms with E-state index in [1.807, 2.05) is 17.2 Å². The smallest absolute Gasteiger partial charge is 0.257 e. The number of aromatic nitrogens is 4. The van der Waals surface area contributed by atoms with E-state index < -0.39 is 0 Å². The Hall–Kier alpha value is -3.30. The lowest BCUT2D eigenvalue weighted by Gasteiger charge is -2.34. The summed E-state index contributed by atoms with van der Waals surface area (Å²) in [5, 5.41) is 4.65. The Morgan fingerprint density at radius 1 is 1.06 bits per heavy atom. The number of hydrogen-bond donors (Lipinski definition) is 0. The first-order chi connectivity index (χ1) is 17.7. The molecule has 2 aliphatic carbocycles. The van der Waals surface area contributed by atoms with Crippen molar-refractivity contribution in [3.05, 3.63) is 53.0 Å². The van der Waals surface area contributed by atoms with Crippen LogP contribution in [0.2, 0.25) is 0 Å². The largest absolute Gasteiger partial charge is 0.497 e. The van der Waals surface area contributed by atoms with Gasteiger partial charge in [0, 0.05) is 57.5 Å². The lowest BCUT2D eigenvalue weighted by atomic mass is 9.90. The summed E-state index contributed by atoms with van der Waals surface area (Å²) in [7, 11) is 3.40. The van der Waals surface area contributed by atoms with Crippen molar-refractivity contribution in [1.29, 1.82) is 0 Å². The molecule has 1 aromatic carbocycles. The van der Waals surface area contributed by atoms with Gasteiger partial charge in [0.1, 0.15) is 5.75 Å². The molecule has 0 radical (unpaired) electrons. The van der Waals surface area contributed by atoms with E-state index in [2.05, 4.69) is 27.1 Å². The van der Waals surface area contributed by atoms with E-state index >= 15 is 0 Å². The molecule has 3 aliphatic rings. The standard InChI is InChI=1S/C27H32N6O3/c1-35-14-13-31-9-11-32(12-10-31)26(34)23-17-29-33(25(23)19-4-5-19)27-28-16-20-6-3-18-7-8-21(36-2)15-22(18)24(20)30-27/h7-8,15-17,19H,3-6,9-14H2,1-2H3. The van der Waals surface area contributed by atoms with E-state index in [1.54, 1.807) is 25.1 Å². The number of methoxy groups -OCH3 is 2. The molecule has 6 rings (SSSR count). The molecule has 3 aromatic rings. The number of carbonyl (C=O) groups excluding carboxylic acids is 1. The molecule has 9 heteroatoms. The van der Waals surface area contributed by atoms with Crippen molar-refractivity contribution in [3.8, 4) is 23.0 Å². The first-order valence-electron chi connectivity index (χ1n) is 12.8. The van der Waals surface area contributed by atoms with Crippen molar-refractivity contribution < 1.29 is 14.3 Å². The first kappa shape index (κ1) is 23.1. The van der Waals surface area contributed by atoms with Gasteiger partial charge in [-0.25, -0.2) is 14.6 Å². The van der Waals surface area contributed by atoms with Crippen LogP contribution in [0, 0.1) is 0 Å². The third-order valence-corrected chi connectivity index (χ3v) is 7.55. The molecule has 3 heterocycles. The van der Waals surface area contributed by atoms with Gasteiger partial charge in [-0.2, -0.15) is 5.10 Å². The minimum atomic E-state index is 0.0579. The Labute approximate surface area is 211 Å². The molecular weight excluding hydrogens is 456 g/mol. The fourth-order valence-corrected chi connectivity index (χ4v) is 5.30. The Kier molecular flexibility index (Phi) is 6.18. The number of piperazine rings is 1. The van der Waals surface area contributed by atoms with Crippen LogP contribution in [-0.4, -0.2) is 89.0 Å². The summed E-state index contributed by atoms with van der Waals surface area (Å²) in [6, 6.07) is 6.17. The summed E-state index contributed by atoms with van der Waals surface area (Å²) < 4.78 is 12.5. The van der Waals surface area contributed by atoms with Crippen molar-refractivity contribution in [3.63, 3.8) is 0 Å². The number of amides is 1. The number of ether oxygens (including phenoxy) is 2. The average molecular weight is 489 g/mol. The van der Waals surface area contributed by atoms with Gasteiger partial charge in [0.25, 0.3) is 11.9 Å². The number of carbonyl (C=O) groups is 1. The van der Waals surface area contributed by atoms with Gasteiger partial charge in [0.15, 0.2) is 0 Å². The Morgan fingerprint density at radius 2 is 1.86 bits per heavy atom. The van der Waals surface area contributed by atoms with Crippen LogP contribution in [0.1, 0.15) is 45.9 Å². The number of rotatable bonds is 7. The van der Waals surface area contributed by atoms with E-state index in [1.165, 1.54) is 5.56 Å². The third-order valence-electron chi connectivity index (χ3n) is 7.55. The molecule has 0 spiro atoms. The fourth-order valence-electron chi connectivity index (χ4n) is 5.30. The van der Waals surface area contributed by atoms with Gasteiger partial charge < -0.3 is 14.4 Å². The maximum absolute atomic E-state index is 13.6. The predicted octanol–water partition coefficient (Wildman–Crippen LogP) is 2.72. The fraction of sp³-hybridized carbons (Fsp3) is 0.481. The second-order valence-electron chi connectivity index (χ2n) is 9.82. The summed E-state index contributed by atoms with van der Waals surface area (Å²) in [6.45, 7) is 4.76. The Morgan fingerprint density at radius 3 is 2.61 bits per heavy atom. The molecule has 2 fully saturated rings. The summed E-state index contributed by atoms with van der Waals surface area (Å²) in [6.07, 6.45) is 7.61. The number of hydrogen-bond acceptors (Lipinski definition) is 7. The molecular formula is C27H32N6O3. The highest BCUT2D eigenvalue weighted by atomic mass is 16.5. The van der Waals surface area contributed by atoms with Crippen LogP contribution in [-0.2, 0) is 17.6 Å². The number of fused-ring (bicyclic) bond motifs is 3. The lowest BCUT2D eigenvalue weighted by Crippen LogP contribution is -2.49. The van der Waals surface area contributed by atoms with Gasteiger partial charge in [0.2, 0.25) is 0 Å². The van der Waals surface area contributed by atoms with Crippen molar-refractivity contribution >= 4 is 5.91 Å². The summed E-state index contributed by atoms with van der Waals surface area (Å²) in [5.41, 5.74) is 6.03. The topological polar surface area (TPSA) is 85.6 Å². The molecule has 1 aliphatic heterocycles. The van der Waals surface area contributed by atoms with E-state index in [0.29, 0.717) is 37.1 Å². The van der Waals surface area contributed by atoms with Crippen LogP contribution in [0.15, 0.2) is 30.6 Å². The quantitative estimate of drug-likeness (QED) is 0.506. The monoisotopic (exact) mass is 488 g/mol. The number of aryl methyl sites for hydroxylation is 2. The molecule has 0 unspecified atom stereocenters. The SMILES string of the molecule is COCCN1CCN(C(=O)c2cnn(-c3ncc4c(n3)-c3cc(OC)ccc3CC4)c2C2CC2)CC1. The molecule has 2 aromatic heterocycles. The van der Waals surface area contributed by atoms with E-state index in [4.69, 9.17) is 14.5 Å². The van der Waals surface area contributed by atoms with Crippen LogP contribution in [0.25, 0.3) is 17.2 Å². The van der Waals surface area contributed by atoms with Crippen molar-refractivity contribution in [1.82, 2.24) is 29.5 Å². The van der Waals surface area contributed by atoms with Crippen LogP contribution in [0.5, 0.6) is 5.75 Å². The molecule has 9 nitrogen and oxygen atoms in total. The summed E-state index contributed by atoms with van der Waals surface area (Å²) in [5.74, 6) is 1.72. The van der Waals surface area contributed by atoms with Crippen LogP contribution in [0.4, 0.5) is 0 Å². The summed E-state index contributed by atoms with van der Waals surface area (Å²) >= 11 is 0. The zero-order valence-corrected chi connectivity index (χ0v) is 20.9. The molecule has 1 saturated carbocycles. The van der Waals surface area contributed by atoms with Gasteiger partial charge in [-0.3, -0.25) is 9.69 Å². The van der Waals surface area contributed by atoms with Gasteiger partial charge in [-0.05, 0) is 48.9 Å². The third kappa shape index (κ3) is 4.26. The second-order valence-corrected chi connectivity index (χ2v) is 9.82. The normalized spacial score (nSPS) is 17.6. The van der Waals surface area contributed by atoms with Gasteiger partial charge in [-0.1, -0.05) is 6.07 Å². The summed E-state index contributed by atoms with van der Waals surface area (Å²) in [4.78, 5) is 27.5. The van der Waals surface area contributed by atoms with E-state index in [0.717, 1.165) is 73.6 Å². The molecule has 0 N–H and O–H groups in total. The van der Waals surface area contributed by atoms with Crippen LogP contribution >= 0.6 is 0 Å². The van der Waals surface area contributed by atoms with Crippen molar-refractivity contribution in [2.24, 2.45) is 0 Å².